The maximum Gasteiger partial charge on any atom is 0.400 e. The molecule has 0 saturated heterocycles. The topological polar surface area (TPSA) is 18.5 Å². The highest BCUT2D eigenvalue weighted by atomic mass is 19.3. The lowest BCUT2D eigenvalue weighted by Gasteiger charge is -2.33. The standard InChI is InChI=1S/C21H27F5O2/c1-2-3-4-5-6-15-7-9-16(10-8-15)21(25,26)28-18-13-11-17(12-14-18)27-20(24)19(22)23/h11-16H,2-10H2,1H3. The van der Waals surface area contributed by atoms with Gasteiger partial charge in [-0.2, -0.15) is 22.0 Å². The second-order valence-corrected chi connectivity index (χ2v) is 7.34. The van der Waals surface area contributed by atoms with E-state index in [0.29, 0.717) is 18.8 Å². The third kappa shape index (κ3) is 6.99. The predicted molar refractivity (Wildman–Crippen MR) is 97.2 cm³/mol. The molecule has 1 aliphatic rings. The Balaban J connectivity index is 1.82. The van der Waals surface area contributed by atoms with Gasteiger partial charge in [-0.3, -0.25) is 0 Å². The minimum Gasteiger partial charge on any atom is -0.432 e. The third-order valence-electron chi connectivity index (χ3n) is 5.22. The Kier molecular flexibility index (Phi) is 8.58. The molecule has 0 atom stereocenters. The van der Waals surface area contributed by atoms with Crippen molar-refractivity contribution < 1.29 is 31.4 Å². The van der Waals surface area contributed by atoms with E-state index < -0.39 is 24.1 Å². The van der Waals surface area contributed by atoms with Crippen LogP contribution in [0.25, 0.3) is 0 Å². The quantitative estimate of drug-likeness (QED) is 0.224. The van der Waals surface area contributed by atoms with Crippen molar-refractivity contribution in [2.45, 2.75) is 70.8 Å². The van der Waals surface area contributed by atoms with Crippen molar-refractivity contribution in [2.75, 3.05) is 0 Å². The van der Waals surface area contributed by atoms with Gasteiger partial charge in [0.2, 0.25) is 0 Å². The van der Waals surface area contributed by atoms with E-state index in [-0.39, 0.29) is 11.5 Å². The normalized spacial score (nSPS) is 19.9. The molecule has 1 fully saturated rings. The summed E-state index contributed by atoms with van der Waals surface area (Å²) < 4.78 is 74.8. The largest absolute Gasteiger partial charge is 0.432 e. The van der Waals surface area contributed by atoms with Crippen LogP contribution in [0.15, 0.2) is 36.4 Å². The van der Waals surface area contributed by atoms with Gasteiger partial charge in [-0.1, -0.05) is 39.0 Å². The van der Waals surface area contributed by atoms with Gasteiger partial charge in [0.15, 0.2) is 0 Å². The molecule has 0 aliphatic heterocycles. The van der Waals surface area contributed by atoms with E-state index in [1.54, 1.807) is 0 Å². The van der Waals surface area contributed by atoms with Gasteiger partial charge < -0.3 is 9.47 Å². The number of hydrogen-bond acceptors (Lipinski definition) is 2. The molecule has 158 valence electrons. The van der Waals surface area contributed by atoms with Crippen LogP contribution in [0, 0.1) is 11.8 Å². The molecule has 1 aromatic rings. The summed E-state index contributed by atoms with van der Waals surface area (Å²) in [6.45, 7) is 2.16. The fourth-order valence-electron chi connectivity index (χ4n) is 3.61. The summed E-state index contributed by atoms with van der Waals surface area (Å²) in [5.41, 5.74) is 0. The predicted octanol–water partition coefficient (Wildman–Crippen LogP) is 7.85. The minimum atomic E-state index is -3.31. The average molecular weight is 406 g/mol. The lowest BCUT2D eigenvalue weighted by molar-refractivity contribution is -0.223. The summed E-state index contributed by atoms with van der Waals surface area (Å²) in [5, 5.41) is 0. The SMILES string of the molecule is CCCCCCC1CCC(C(F)(F)Oc2ccc(OC(F)=C(F)F)cc2)CC1. The van der Waals surface area contributed by atoms with Gasteiger partial charge in [-0.15, -0.1) is 0 Å². The number of unbranched alkanes of at least 4 members (excludes halogenated alkanes) is 3. The molecule has 2 nitrogen and oxygen atoms in total. The molecule has 0 spiro atoms. The maximum absolute atomic E-state index is 14.5. The molecule has 28 heavy (non-hydrogen) atoms. The second kappa shape index (κ2) is 10.7. The fraction of sp³-hybridized carbons (Fsp3) is 0.619. The third-order valence-corrected chi connectivity index (χ3v) is 5.22. The molecule has 0 N–H and O–H groups in total. The molecule has 2 rings (SSSR count). The highest BCUT2D eigenvalue weighted by Gasteiger charge is 2.43. The fourth-order valence-corrected chi connectivity index (χ4v) is 3.61. The van der Waals surface area contributed by atoms with Crippen molar-refractivity contribution >= 4 is 0 Å². The van der Waals surface area contributed by atoms with Crippen LogP contribution < -0.4 is 9.47 Å². The average Bonchev–Trinajstić information content (AvgIpc) is 2.67. The van der Waals surface area contributed by atoms with Crippen LogP contribution in [0.1, 0.15) is 64.7 Å². The molecule has 0 radical (unpaired) electrons. The van der Waals surface area contributed by atoms with Gasteiger partial charge in [-0.25, -0.2) is 0 Å². The van der Waals surface area contributed by atoms with E-state index >= 15 is 0 Å². The zero-order valence-electron chi connectivity index (χ0n) is 16.0. The summed E-state index contributed by atoms with van der Waals surface area (Å²) in [7, 11) is 0. The smallest absolute Gasteiger partial charge is 0.400 e. The number of ether oxygens (including phenoxy) is 2. The Morgan fingerprint density at radius 2 is 1.54 bits per heavy atom. The number of rotatable bonds is 10. The molecule has 0 amide bonds. The van der Waals surface area contributed by atoms with Crippen LogP contribution in [-0.2, 0) is 0 Å². The zero-order valence-corrected chi connectivity index (χ0v) is 16.0. The minimum absolute atomic E-state index is 0.121. The Labute approximate surface area is 162 Å². The molecule has 1 saturated carbocycles. The van der Waals surface area contributed by atoms with E-state index in [0.717, 1.165) is 49.9 Å². The molecule has 0 heterocycles. The summed E-state index contributed by atoms with van der Waals surface area (Å²) in [6.07, 6.45) is 2.35. The van der Waals surface area contributed by atoms with Gasteiger partial charge >= 0.3 is 18.2 Å². The van der Waals surface area contributed by atoms with Gasteiger partial charge in [-0.05, 0) is 55.9 Å². The summed E-state index contributed by atoms with van der Waals surface area (Å²) in [6, 6.07) is 2.46. The lowest BCUT2D eigenvalue weighted by Crippen LogP contribution is -2.37. The van der Waals surface area contributed by atoms with Gasteiger partial charge in [0.05, 0.1) is 5.92 Å². The van der Waals surface area contributed by atoms with Gasteiger partial charge in [0.1, 0.15) is 11.5 Å². The van der Waals surface area contributed by atoms with E-state index in [9.17, 15) is 22.0 Å². The molecule has 0 unspecified atom stereocenters. The van der Waals surface area contributed by atoms with Crippen LogP contribution in [0.3, 0.4) is 0 Å². The lowest BCUT2D eigenvalue weighted by atomic mass is 9.79. The number of alkyl halides is 2. The highest BCUT2D eigenvalue weighted by Crippen LogP contribution is 2.41. The van der Waals surface area contributed by atoms with E-state index in [1.165, 1.54) is 19.3 Å². The molecule has 1 aliphatic carbocycles. The Morgan fingerprint density at radius 1 is 0.929 bits per heavy atom. The first-order chi connectivity index (χ1) is 13.3. The van der Waals surface area contributed by atoms with Crippen molar-refractivity contribution in [1.82, 2.24) is 0 Å². The van der Waals surface area contributed by atoms with Crippen molar-refractivity contribution in [1.29, 1.82) is 0 Å². The monoisotopic (exact) mass is 406 g/mol. The summed E-state index contributed by atoms with van der Waals surface area (Å²) >= 11 is 0. The molecular weight excluding hydrogens is 379 g/mol. The number of hydrogen-bond donors (Lipinski definition) is 0. The first-order valence-electron chi connectivity index (χ1n) is 9.87. The van der Waals surface area contributed by atoms with Crippen LogP contribution >= 0.6 is 0 Å². The van der Waals surface area contributed by atoms with Crippen LogP contribution in [-0.4, -0.2) is 6.11 Å². The molecule has 7 heteroatoms. The van der Waals surface area contributed by atoms with Crippen molar-refractivity contribution in [2.24, 2.45) is 11.8 Å². The Morgan fingerprint density at radius 3 is 2.11 bits per heavy atom. The molecular formula is C21H27F5O2. The van der Waals surface area contributed by atoms with Crippen LogP contribution in [0.4, 0.5) is 22.0 Å². The first-order valence-corrected chi connectivity index (χ1v) is 9.87. The zero-order chi connectivity index (χ0) is 20.6. The van der Waals surface area contributed by atoms with E-state index in [1.807, 2.05) is 0 Å². The van der Waals surface area contributed by atoms with Crippen molar-refractivity contribution in [3.8, 4) is 11.5 Å². The van der Waals surface area contributed by atoms with E-state index in [2.05, 4.69) is 11.7 Å². The Bertz CT molecular complexity index is 618. The van der Waals surface area contributed by atoms with Crippen LogP contribution in [0.2, 0.25) is 0 Å². The number of benzene rings is 1. The van der Waals surface area contributed by atoms with Crippen molar-refractivity contribution in [3.05, 3.63) is 36.4 Å². The van der Waals surface area contributed by atoms with Crippen molar-refractivity contribution in [3.63, 3.8) is 0 Å². The van der Waals surface area contributed by atoms with E-state index in [4.69, 9.17) is 4.74 Å². The summed E-state index contributed by atoms with van der Waals surface area (Å²) in [4.78, 5) is 0. The first kappa shape index (κ1) is 22.5. The molecule has 0 bridgehead atoms. The van der Waals surface area contributed by atoms with Gasteiger partial charge in [0, 0.05) is 0 Å². The summed E-state index contributed by atoms with van der Waals surface area (Å²) in [5.74, 6) is -0.691. The van der Waals surface area contributed by atoms with Crippen LogP contribution in [0.5, 0.6) is 11.5 Å². The molecule has 1 aromatic carbocycles. The van der Waals surface area contributed by atoms with Gasteiger partial charge in [0.25, 0.3) is 0 Å². The second-order valence-electron chi connectivity index (χ2n) is 7.34. The highest BCUT2D eigenvalue weighted by molar-refractivity contribution is 5.32. The molecule has 0 aromatic heterocycles. The Hall–Kier alpha value is -1.79. The number of halogens is 5. The maximum atomic E-state index is 14.5.